The lowest BCUT2D eigenvalue weighted by atomic mass is 10.3. The summed E-state index contributed by atoms with van der Waals surface area (Å²) in [7, 11) is 1.55. The number of methoxy groups -OCH3 is 1. The Labute approximate surface area is 110 Å². The van der Waals surface area contributed by atoms with Crippen LogP contribution in [0, 0.1) is 10.1 Å². The molecule has 1 rings (SSSR count). The van der Waals surface area contributed by atoms with E-state index in [2.05, 4.69) is 10.6 Å². The van der Waals surface area contributed by atoms with Gasteiger partial charge in [0.2, 0.25) is 5.91 Å². The van der Waals surface area contributed by atoms with Crippen molar-refractivity contribution in [2.75, 3.05) is 20.3 Å². The van der Waals surface area contributed by atoms with Crippen LogP contribution < -0.4 is 10.6 Å². The fourth-order valence-corrected chi connectivity index (χ4v) is 1.34. The first-order chi connectivity index (χ1) is 9.04. The van der Waals surface area contributed by atoms with Crippen LogP contribution in [0.3, 0.4) is 0 Å². The summed E-state index contributed by atoms with van der Waals surface area (Å²) in [4.78, 5) is 21.4. The van der Waals surface area contributed by atoms with Gasteiger partial charge in [-0.2, -0.15) is 0 Å². The Kier molecular flexibility index (Phi) is 5.97. The Morgan fingerprint density at radius 1 is 1.58 bits per heavy atom. The van der Waals surface area contributed by atoms with Crippen molar-refractivity contribution in [3.05, 3.63) is 28.0 Å². The van der Waals surface area contributed by atoms with Gasteiger partial charge in [-0.05, 0) is 13.0 Å². The van der Waals surface area contributed by atoms with Gasteiger partial charge in [0.05, 0.1) is 25.3 Å². The van der Waals surface area contributed by atoms with Crippen molar-refractivity contribution in [2.45, 2.75) is 19.5 Å². The third kappa shape index (κ3) is 5.06. The number of nitrogens with one attached hydrogen (secondary N) is 2. The topological polar surface area (TPSA) is 107 Å². The predicted octanol–water partition coefficient (Wildman–Crippen LogP) is 0.429. The normalized spacial score (nSPS) is 12.1. The van der Waals surface area contributed by atoms with Gasteiger partial charge in [-0.25, -0.2) is 0 Å². The Morgan fingerprint density at radius 2 is 2.32 bits per heavy atom. The van der Waals surface area contributed by atoms with E-state index >= 15 is 0 Å². The lowest BCUT2D eigenvalue weighted by Crippen LogP contribution is -2.42. The summed E-state index contributed by atoms with van der Waals surface area (Å²) in [5, 5.41) is 16.0. The first kappa shape index (κ1) is 15.1. The molecule has 0 aromatic carbocycles. The number of ether oxygens (including phenoxy) is 1. The summed E-state index contributed by atoms with van der Waals surface area (Å²) < 4.78 is 9.77. The zero-order valence-electron chi connectivity index (χ0n) is 10.8. The highest BCUT2D eigenvalue weighted by atomic mass is 16.6. The van der Waals surface area contributed by atoms with E-state index in [1.807, 2.05) is 0 Å². The predicted molar refractivity (Wildman–Crippen MR) is 66.5 cm³/mol. The van der Waals surface area contributed by atoms with E-state index in [1.54, 1.807) is 14.0 Å². The lowest BCUT2D eigenvalue weighted by Gasteiger charge is -2.12. The van der Waals surface area contributed by atoms with Crippen LogP contribution in [0.5, 0.6) is 0 Å². The zero-order chi connectivity index (χ0) is 14.3. The smallest absolute Gasteiger partial charge is 0.404 e. The molecular weight excluding hydrogens is 254 g/mol. The van der Waals surface area contributed by atoms with E-state index in [4.69, 9.17) is 9.15 Å². The van der Waals surface area contributed by atoms with Gasteiger partial charge in [0.1, 0.15) is 10.7 Å². The van der Waals surface area contributed by atoms with Gasteiger partial charge in [-0.3, -0.25) is 20.2 Å². The van der Waals surface area contributed by atoms with Gasteiger partial charge in [-0.1, -0.05) is 0 Å². The first-order valence-electron chi connectivity index (χ1n) is 5.77. The zero-order valence-corrected chi connectivity index (χ0v) is 10.8. The number of hydrogen-bond acceptors (Lipinski definition) is 6. The molecule has 1 unspecified atom stereocenters. The van der Waals surface area contributed by atoms with E-state index in [9.17, 15) is 14.9 Å². The number of amides is 1. The Balaban J connectivity index is 2.34. The molecule has 106 valence electrons. The number of furan rings is 1. The molecule has 0 aliphatic rings. The highest BCUT2D eigenvalue weighted by Crippen LogP contribution is 2.15. The summed E-state index contributed by atoms with van der Waals surface area (Å²) >= 11 is 0. The minimum Gasteiger partial charge on any atom is -0.404 e. The van der Waals surface area contributed by atoms with E-state index in [1.165, 1.54) is 12.1 Å². The summed E-state index contributed by atoms with van der Waals surface area (Å²) in [6.07, 6.45) is 0. The second-order valence-electron chi connectivity index (χ2n) is 3.88. The van der Waals surface area contributed by atoms with E-state index < -0.39 is 11.0 Å². The Morgan fingerprint density at radius 3 is 2.89 bits per heavy atom. The summed E-state index contributed by atoms with van der Waals surface area (Å²) in [5.41, 5.74) is 0. The van der Waals surface area contributed by atoms with Crippen LogP contribution in [0.25, 0.3) is 0 Å². The molecular formula is C11H17N3O5. The first-order valence-corrected chi connectivity index (χ1v) is 5.77. The summed E-state index contributed by atoms with van der Waals surface area (Å²) in [6.45, 7) is 2.82. The highest BCUT2D eigenvalue weighted by molar-refractivity contribution is 5.81. The van der Waals surface area contributed by atoms with Crippen LogP contribution in [0.15, 0.2) is 16.5 Å². The monoisotopic (exact) mass is 271 g/mol. The molecule has 0 fully saturated rings. The highest BCUT2D eigenvalue weighted by Gasteiger charge is 2.15. The molecule has 0 aliphatic heterocycles. The van der Waals surface area contributed by atoms with Gasteiger partial charge < -0.3 is 14.5 Å². The van der Waals surface area contributed by atoms with Crippen molar-refractivity contribution in [3.8, 4) is 0 Å². The molecule has 0 aliphatic carbocycles. The molecule has 8 heteroatoms. The number of carbonyl (C=O) groups is 1. The maximum Gasteiger partial charge on any atom is 0.433 e. The summed E-state index contributed by atoms with van der Waals surface area (Å²) in [6, 6.07) is 2.35. The molecule has 1 amide bonds. The van der Waals surface area contributed by atoms with Gasteiger partial charge in [-0.15, -0.1) is 0 Å². The van der Waals surface area contributed by atoms with Gasteiger partial charge in [0.15, 0.2) is 0 Å². The SMILES string of the molecule is COCCNC(=O)C(C)NCc1ccc([N+](=O)[O-])o1. The fourth-order valence-electron chi connectivity index (χ4n) is 1.34. The lowest BCUT2D eigenvalue weighted by molar-refractivity contribution is -0.402. The molecule has 1 aromatic heterocycles. The van der Waals surface area contributed by atoms with E-state index in [-0.39, 0.29) is 18.3 Å². The molecule has 0 radical (unpaired) electrons. The van der Waals surface area contributed by atoms with Crippen molar-refractivity contribution < 1.29 is 18.9 Å². The molecule has 2 N–H and O–H groups in total. The van der Waals surface area contributed by atoms with Crippen LogP contribution in [-0.4, -0.2) is 37.1 Å². The molecule has 0 bridgehead atoms. The minimum absolute atomic E-state index is 0.168. The molecule has 1 aromatic rings. The van der Waals surface area contributed by atoms with E-state index in [0.717, 1.165) is 0 Å². The molecule has 1 atom stereocenters. The maximum atomic E-state index is 11.6. The van der Waals surface area contributed by atoms with Crippen molar-refractivity contribution >= 4 is 11.8 Å². The number of nitrogens with zero attached hydrogens (tertiary/aromatic N) is 1. The third-order valence-corrected chi connectivity index (χ3v) is 2.41. The number of hydrogen-bond donors (Lipinski definition) is 2. The van der Waals surface area contributed by atoms with Crippen LogP contribution in [0.2, 0.25) is 0 Å². The summed E-state index contributed by atoms with van der Waals surface area (Å²) in [5.74, 6) is -0.0738. The van der Waals surface area contributed by atoms with Gasteiger partial charge >= 0.3 is 5.88 Å². The van der Waals surface area contributed by atoms with Crippen molar-refractivity contribution in [1.82, 2.24) is 10.6 Å². The molecule has 0 saturated heterocycles. The molecule has 8 nitrogen and oxygen atoms in total. The van der Waals surface area contributed by atoms with Crippen LogP contribution in [0.1, 0.15) is 12.7 Å². The van der Waals surface area contributed by atoms with Crippen molar-refractivity contribution in [2.24, 2.45) is 0 Å². The molecule has 0 spiro atoms. The van der Waals surface area contributed by atoms with Crippen LogP contribution in [0.4, 0.5) is 5.88 Å². The van der Waals surface area contributed by atoms with Crippen molar-refractivity contribution in [1.29, 1.82) is 0 Å². The maximum absolute atomic E-state index is 11.6. The Hall–Kier alpha value is -1.93. The van der Waals surface area contributed by atoms with Crippen LogP contribution in [-0.2, 0) is 16.1 Å². The quantitative estimate of drug-likeness (QED) is 0.403. The largest absolute Gasteiger partial charge is 0.433 e. The average Bonchev–Trinajstić information content (AvgIpc) is 2.85. The van der Waals surface area contributed by atoms with Gasteiger partial charge in [0, 0.05) is 13.7 Å². The second kappa shape index (κ2) is 7.49. The van der Waals surface area contributed by atoms with Gasteiger partial charge in [0.25, 0.3) is 0 Å². The van der Waals surface area contributed by atoms with Crippen molar-refractivity contribution in [3.63, 3.8) is 0 Å². The standard InChI is InChI=1S/C11H17N3O5/c1-8(11(15)12-5-6-18-2)13-7-9-3-4-10(19-9)14(16)17/h3-4,8,13H,5-7H2,1-2H3,(H,12,15). The van der Waals surface area contributed by atoms with E-state index in [0.29, 0.717) is 18.9 Å². The molecule has 19 heavy (non-hydrogen) atoms. The number of nitro groups is 1. The third-order valence-electron chi connectivity index (χ3n) is 2.41. The molecule has 1 heterocycles. The fraction of sp³-hybridized carbons (Fsp3) is 0.545. The number of rotatable bonds is 8. The number of carbonyl (C=O) groups excluding carboxylic acids is 1. The minimum atomic E-state index is -0.607. The molecule has 0 saturated carbocycles. The Bertz CT molecular complexity index is 432. The second-order valence-corrected chi connectivity index (χ2v) is 3.88. The average molecular weight is 271 g/mol. The van der Waals surface area contributed by atoms with Crippen LogP contribution >= 0.6 is 0 Å².